The average molecular weight is 177 g/mol. The summed E-state index contributed by atoms with van der Waals surface area (Å²) in [4.78, 5) is 0. The summed E-state index contributed by atoms with van der Waals surface area (Å²) in [6.07, 6.45) is 0. The average Bonchev–Trinajstić information content (AvgIpc) is 1.90. The predicted molar refractivity (Wildman–Crippen MR) is 51.4 cm³/mol. The summed E-state index contributed by atoms with van der Waals surface area (Å²) in [5.74, 6) is 0. The number of hydrogen-bond acceptors (Lipinski definition) is 2. The Hall–Kier alpha value is 0.354. The van der Waals surface area contributed by atoms with E-state index in [0.717, 1.165) is 23.6 Å². The minimum absolute atomic E-state index is 0.874. The van der Waals surface area contributed by atoms with Gasteiger partial charge in [0.25, 0.3) is 8.48 Å². The molecule has 0 N–H and O–H groups in total. The second-order valence-corrected chi connectivity index (χ2v) is 7.98. The maximum absolute atomic E-state index is 5.59. The van der Waals surface area contributed by atoms with Crippen molar-refractivity contribution in [2.75, 3.05) is 13.1 Å². The molecule has 0 bridgehead atoms. The molecule has 0 radical (unpaired) electrons. The fourth-order valence-electron chi connectivity index (χ4n) is 1.11. The second-order valence-electron chi connectivity index (χ2n) is 2.82. The molecule has 0 amide bonds. The maximum Gasteiger partial charge on any atom is 0.254 e. The van der Waals surface area contributed by atoms with E-state index in [4.69, 9.17) is 4.12 Å². The standard InChI is InChI=1S/C6H19NOSi2/c1-5-7(6-2)10(3,4)8-9/h5-6H2,1-4,9H3. The van der Waals surface area contributed by atoms with Crippen molar-refractivity contribution in [2.45, 2.75) is 26.9 Å². The van der Waals surface area contributed by atoms with E-state index in [-0.39, 0.29) is 0 Å². The molecule has 0 atom stereocenters. The van der Waals surface area contributed by atoms with Crippen molar-refractivity contribution in [3.8, 4) is 0 Å². The Kier molecular flexibility index (Phi) is 4.43. The lowest BCUT2D eigenvalue weighted by molar-refractivity contribution is 0.389. The van der Waals surface area contributed by atoms with Crippen molar-refractivity contribution >= 4 is 19.0 Å². The zero-order chi connectivity index (χ0) is 8.20. The highest BCUT2D eigenvalue weighted by Gasteiger charge is 2.26. The van der Waals surface area contributed by atoms with Crippen LogP contribution in [0.5, 0.6) is 0 Å². The lowest BCUT2D eigenvalue weighted by Crippen LogP contribution is -2.50. The van der Waals surface area contributed by atoms with Crippen LogP contribution < -0.4 is 0 Å². The SMILES string of the molecule is CCN(CC)[Si](C)(C)O[SiH3]. The van der Waals surface area contributed by atoms with Gasteiger partial charge in [0, 0.05) is 0 Å². The summed E-state index contributed by atoms with van der Waals surface area (Å²) < 4.78 is 8.03. The van der Waals surface area contributed by atoms with Gasteiger partial charge in [0.1, 0.15) is 10.5 Å². The zero-order valence-corrected chi connectivity index (χ0v) is 10.8. The first-order valence-electron chi connectivity index (χ1n) is 3.88. The number of rotatable bonds is 4. The van der Waals surface area contributed by atoms with Gasteiger partial charge >= 0.3 is 0 Å². The topological polar surface area (TPSA) is 12.5 Å². The molecule has 2 nitrogen and oxygen atoms in total. The van der Waals surface area contributed by atoms with Crippen LogP contribution in [0.2, 0.25) is 13.1 Å². The van der Waals surface area contributed by atoms with Crippen LogP contribution in [0.15, 0.2) is 0 Å². The van der Waals surface area contributed by atoms with Crippen molar-refractivity contribution in [2.24, 2.45) is 0 Å². The molecule has 0 aromatic carbocycles. The maximum atomic E-state index is 5.59. The van der Waals surface area contributed by atoms with Gasteiger partial charge in [-0.1, -0.05) is 13.8 Å². The largest absolute Gasteiger partial charge is 0.453 e. The van der Waals surface area contributed by atoms with Gasteiger partial charge in [-0.05, 0) is 26.2 Å². The Bertz CT molecular complexity index is 93.7. The number of hydrogen-bond donors (Lipinski definition) is 0. The Morgan fingerprint density at radius 3 is 1.80 bits per heavy atom. The summed E-state index contributed by atoms with van der Waals surface area (Å²) >= 11 is 0. The fraction of sp³-hybridized carbons (Fsp3) is 1.00. The second kappa shape index (κ2) is 4.28. The third-order valence-corrected chi connectivity index (χ3v) is 8.18. The van der Waals surface area contributed by atoms with Gasteiger partial charge in [-0.15, -0.1) is 0 Å². The van der Waals surface area contributed by atoms with E-state index in [1.54, 1.807) is 0 Å². The molecule has 0 aliphatic carbocycles. The highest BCUT2D eigenvalue weighted by molar-refractivity contribution is 6.70. The van der Waals surface area contributed by atoms with E-state index >= 15 is 0 Å². The molecule has 0 aromatic rings. The zero-order valence-electron chi connectivity index (χ0n) is 7.77. The summed E-state index contributed by atoms with van der Waals surface area (Å²) in [5.41, 5.74) is 0. The third-order valence-electron chi connectivity index (χ3n) is 2.02. The van der Waals surface area contributed by atoms with E-state index in [1.165, 1.54) is 0 Å². The normalized spacial score (nSPS) is 12.9. The first-order chi connectivity index (χ1) is 4.58. The minimum atomic E-state index is -1.41. The third kappa shape index (κ3) is 2.53. The molecule has 0 heterocycles. The van der Waals surface area contributed by atoms with Gasteiger partial charge < -0.3 is 8.68 Å². The monoisotopic (exact) mass is 177 g/mol. The van der Waals surface area contributed by atoms with Crippen molar-refractivity contribution in [3.05, 3.63) is 0 Å². The summed E-state index contributed by atoms with van der Waals surface area (Å²) in [6, 6.07) is 0. The Labute approximate surface area is 68.3 Å². The molecule has 0 fully saturated rings. The van der Waals surface area contributed by atoms with Crippen LogP contribution in [0.3, 0.4) is 0 Å². The van der Waals surface area contributed by atoms with Crippen LogP contribution >= 0.6 is 0 Å². The molecule has 0 saturated heterocycles. The van der Waals surface area contributed by atoms with Crippen LogP contribution in [-0.4, -0.2) is 36.6 Å². The highest BCUT2D eigenvalue weighted by Crippen LogP contribution is 2.08. The van der Waals surface area contributed by atoms with E-state index in [9.17, 15) is 0 Å². The first-order valence-corrected chi connectivity index (χ1v) is 7.55. The quantitative estimate of drug-likeness (QED) is 0.574. The van der Waals surface area contributed by atoms with Crippen molar-refractivity contribution in [3.63, 3.8) is 0 Å². The van der Waals surface area contributed by atoms with Crippen LogP contribution in [0.25, 0.3) is 0 Å². The van der Waals surface area contributed by atoms with Gasteiger partial charge in [0.05, 0.1) is 0 Å². The minimum Gasteiger partial charge on any atom is -0.453 e. The molecule has 0 aromatic heterocycles. The lowest BCUT2D eigenvalue weighted by atomic mass is 10.7. The van der Waals surface area contributed by atoms with Gasteiger partial charge in [-0.2, -0.15) is 0 Å². The van der Waals surface area contributed by atoms with Gasteiger partial charge in [0.15, 0.2) is 0 Å². The Balaban J connectivity index is 3.97. The molecular formula is C6H19NOSi2. The molecule has 0 aliphatic heterocycles. The molecule has 0 unspecified atom stereocenters. The summed E-state index contributed by atoms with van der Waals surface area (Å²) in [6.45, 7) is 11.1. The molecule has 4 heteroatoms. The first kappa shape index (κ1) is 10.4. The van der Waals surface area contributed by atoms with Gasteiger partial charge in [-0.25, -0.2) is 0 Å². The van der Waals surface area contributed by atoms with Crippen molar-refractivity contribution in [1.29, 1.82) is 0 Å². The Morgan fingerprint density at radius 2 is 1.70 bits per heavy atom. The van der Waals surface area contributed by atoms with E-state index < -0.39 is 8.48 Å². The van der Waals surface area contributed by atoms with Crippen LogP contribution in [0, 0.1) is 0 Å². The molecule has 0 spiro atoms. The van der Waals surface area contributed by atoms with Crippen LogP contribution in [0.1, 0.15) is 13.8 Å². The number of nitrogens with zero attached hydrogens (tertiary/aromatic N) is 1. The van der Waals surface area contributed by atoms with Gasteiger partial charge in [-0.3, -0.25) is 0 Å². The highest BCUT2D eigenvalue weighted by atomic mass is 28.4. The van der Waals surface area contributed by atoms with Crippen LogP contribution in [0.4, 0.5) is 0 Å². The molecule has 0 rings (SSSR count). The van der Waals surface area contributed by atoms with Gasteiger partial charge in [0.2, 0.25) is 0 Å². The molecule has 10 heavy (non-hydrogen) atoms. The fourth-order valence-corrected chi connectivity index (χ4v) is 3.67. The lowest BCUT2D eigenvalue weighted by Gasteiger charge is -2.33. The van der Waals surface area contributed by atoms with Crippen molar-refractivity contribution in [1.82, 2.24) is 4.57 Å². The summed E-state index contributed by atoms with van der Waals surface area (Å²) in [5, 5.41) is 0. The van der Waals surface area contributed by atoms with Crippen LogP contribution in [-0.2, 0) is 4.12 Å². The Morgan fingerprint density at radius 1 is 1.30 bits per heavy atom. The molecular weight excluding hydrogens is 158 g/mol. The smallest absolute Gasteiger partial charge is 0.254 e. The van der Waals surface area contributed by atoms with E-state index in [1.807, 2.05) is 0 Å². The molecule has 0 saturated carbocycles. The molecule has 62 valence electrons. The summed E-state index contributed by atoms with van der Waals surface area (Å²) in [7, 11) is -0.537. The predicted octanol–water partition coefficient (Wildman–Crippen LogP) is 0.327. The molecule has 0 aliphatic rings. The van der Waals surface area contributed by atoms with E-state index in [0.29, 0.717) is 0 Å². The van der Waals surface area contributed by atoms with Crippen molar-refractivity contribution < 1.29 is 4.12 Å². The van der Waals surface area contributed by atoms with E-state index in [2.05, 4.69) is 31.5 Å².